The molecule has 0 spiro atoms. The smallest absolute Gasteiger partial charge is 0.209 e. The first-order valence-corrected chi connectivity index (χ1v) is 6.83. The zero-order chi connectivity index (χ0) is 13.4. The summed E-state index contributed by atoms with van der Waals surface area (Å²) in [4.78, 5) is 0. The Kier molecular flexibility index (Phi) is 7.18. The molecule has 18 heavy (non-hydrogen) atoms. The first-order chi connectivity index (χ1) is 8.65. The maximum atomic E-state index is 9.46. The first kappa shape index (κ1) is 15.4. The van der Waals surface area contributed by atoms with Crippen LogP contribution in [0.2, 0.25) is 0 Å². The second kappa shape index (κ2) is 8.41. The second-order valence-corrected chi connectivity index (χ2v) is 5.34. The molecule has 7 nitrogen and oxygen atoms in total. The summed E-state index contributed by atoms with van der Waals surface area (Å²) in [5.74, 6) is 0. The fraction of sp³-hybridized carbons (Fsp3) is 0.900. The van der Waals surface area contributed by atoms with Crippen molar-refractivity contribution in [2.75, 3.05) is 26.8 Å². The Balaban J connectivity index is 2.35. The van der Waals surface area contributed by atoms with Crippen LogP contribution in [0.25, 0.3) is 0 Å². The van der Waals surface area contributed by atoms with Gasteiger partial charge in [0.05, 0.1) is 19.3 Å². The lowest BCUT2D eigenvalue weighted by Crippen LogP contribution is -2.24. The van der Waals surface area contributed by atoms with Gasteiger partial charge in [0.2, 0.25) is 5.16 Å². The summed E-state index contributed by atoms with van der Waals surface area (Å²) in [6, 6.07) is 0. The zero-order valence-corrected chi connectivity index (χ0v) is 11.9. The highest BCUT2D eigenvalue weighted by atomic mass is 32.2. The first-order valence-electron chi connectivity index (χ1n) is 5.95. The van der Waals surface area contributed by atoms with Crippen LogP contribution in [0.15, 0.2) is 5.16 Å². The largest absolute Gasteiger partial charge is 0.392 e. The van der Waals surface area contributed by atoms with Gasteiger partial charge in [-0.3, -0.25) is 0 Å². The maximum Gasteiger partial charge on any atom is 0.209 e. The molecule has 1 rings (SSSR count). The van der Waals surface area contributed by atoms with E-state index in [4.69, 9.17) is 4.74 Å². The van der Waals surface area contributed by atoms with Gasteiger partial charge in [-0.25, -0.2) is 4.68 Å². The highest BCUT2D eigenvalue weighted by molar-refractivity contribution is 7.99. The number of rotatable bonds is 9. The number of tetrazole rings is 1. The summed E-state index contributed by atoms with van der Waals surface area (Å²) in [5.41, 5.74) is 0. The van der Waals surface area contributed by atoms with Gasteiger partial charge < -0.3 is 15.2 Å². The van der Waals surface area contributed by atoms with Crippen molar-refractivity contribution in [1.29, 1.82) is 0 Å². The van der Waals surface area contributed by atoms with Crippen LogP contribution in [0.1, 0.15) is 13.8 Å². The summed E-state index contributed by atoms with van der Waals surface area (Å²) >= 11 is 1.48. The standard InChI is InChI=1S/C10H21N5O2S/c1-8(16)9(2)18-10-12-13-14-15(10)6-4-11-5-7-17-3/h8-9,11,16H,4-7H2,1-3H3. The molecule has 1 aromatic heterocycles. The minimum Gasteiger partial charge on any atom is -0.392 e. The van der Waals surface area contributed by atoms with E-state index in [1.54, 1.807) is 18.7 Å². The number of nitrogens with one attached hydrogen (secondary N) is 1. The lowest BCUT2D eigenvalue weighted by atomic mass is 10.3. The van der Waals surface area contributed by atoms with Crippen LogP contribution in [0.5, 0.6) is 0 Å². The quantitative estimate of drug-likeness (QED) is 0.475. The van der Waals surface area contributed by atoms with Gasteiger partial charge in [0, 0.05) is 25.4 Å². The molecular weight excluding hydrogens is 254 g/mol. The van der Waals surface area contributed by atoms with Crippen molar-refractivity contribution in [3.05, 3.63) is 0 Å². The van der Waals surface area contributed by atoms with E-state index in [9.17, 15) is 5.11 Å². The molecule has 2 atom stereocenters. The predicted octanol–water partition coefficient (Wildman–Crippen LogP) is -0.229. The van der Waals surface area contributed by atoms with E-state index in [-0.39, 0.29) is 11.4 Å². The van der Waals surface area contributed by atoms with Gasteiger partial charge >= 0.3 is 0 Å². The third-order valence-corrected chi connectivity index (χ3v) is 3.72. The van der Waals surface area contributed by atoms with Crippen molar-refractivity contribution >= 4 is 11.8 Å². The van der Waals surface area contributed by atoms with E-state index < -0.39 is 0 Å². The van der Waals surface area contributed by atoms with Gasteiger partial charge in [-0.1, -0.05) is 18.7 Å². The maximum absolute atomic E-state index is 9.46. The van der Waals surface area contributed by atoms with E-state index in [0.29, 0.717) is 13.2 Å². The highest BCUT2D eigenvalue weighted by Crippen LogP contribution is 2.22. The Labute approximate surface area is 111 Å². The minimum atomic E-state index is -0.389. The molecule has 2 unspecified atom stereocenters. The average molecular weight is 275 g/mol. The molecular formula is C10H21N5O2S. The fourth-order valence-corrected chi connectivity index (χ4v) is 2.03. The number of aliphatic hydroxyl groups is 1. The number of ether oxygens (including phenoxy) is 1. The zero-order valence-electron chi connectivity index (χ0n) is 11.0. The Morgan fingerprint density at radius 1 is 1.44 bits per heavy atom. The van der Waals surface area contributed by atoms with E-state index in [0.717, 1.165) is 18.2 Å². The van der Waals surface area contributed by atoms with Crippen molar-refractivity contribution < 1.29 is 9.84 Å². The molecule has 0 aliphatic heterocycles. The lowest BCUT2D eigenvalue weighted by Gasteiger charge is -2.13. The van der Waals surface area contributed by atoms with Crippen LogP contribution in [-0.4, -0.2) is 63.5 Å². The SMILES string of the molecule is COCCNCCn1nnnc1SC(C)C(C)O. The summed E-state index contributed by atoms with van der Waals surface area (Å²) < 4.78 is 6.68. The van der Waals surface area contributed by atoms with E-state index in [2.05, 4.69) is 20.8 Å². The summed E-state index contributed by atoms with van der Waals surface area (Å²) in [5, 5.41) is 25.0. The molecule has 0 saturated heterocycles. The number of methoxy groups -OCH3 is 1. The Morgan fingerprint density at radius 3 is 2.89 bits per heavy atom. The molecule has 8 heteroatoms. The van der Waals surface area contributed by atoms with E-state index in [1.165, 1.54) is 11.8 Å². The highest BCUT2D eigenvalue weighted by Gasteiger charge is 2.15. The molecule has 2 N–H and O–H groups in total. The number of thioether (sulfide) groups is 1. The van der Waals surface area contributed by atoms with Gasteiger partial charge in [0.1, 0.15) is 0 Å². The normalized spacial score (nSPS) is 14.7. The molecule has 0 saturated carbocycles. The topological polar surface area (TPSA) is 85.1 Å². The van der Waals surface area contributed by atoms with Crippen LogP contribution in [0, 0.1) is 0 Å². The monoisotopic (exact) mass is 275 g/mol. The van der Waals surface area contributed by atoms with Crippen molar-refractivity contribution in [1.82, 2.24) is 25.5 Å². The molecule has 0 aromatic carbocycles. The Morgan fingerprint density at radius 2 is 2.22 bits per heavy atom. The number of hydrogen-bond donors (Lipinski definition) is 2. The molecule has 0 fully saturated rings. The lowest BCUT2D eigenvalue weighted by molar-refractivity contribution is 0.196. The molecule has 1 heterocycles. The fourth-order valence-electron chi connectivity index (χ4n) is 1.17. The van der Waals surface area contributed by atoms with Crippen molar-refractivity contribution in [3.8, 4) is 0 Å². The third kappa shape index (κ3) is 5.30. The van der Waals surface area contributed by atoms with Crippen molar-refractivity contribution in [2.24, 2.45) is 0 Å². The second-order valence-electron chi connectivity index (χ2n) is 3.99. The molecule has 0 bridgehead atoms. The molecule has 1 aromatic rings. The average Bonchev–Trinajstić information content (AvgIpc) is 2.76. The van der Waals surface area contributed by atoms with Crippen LogP contribution < -0.4 is 5.32 Å². The number of aromatic nitrogens is 4. The number of hydrogen-bond acceptors (Lipinski definition) is 7. The Hall–Kier alpha value is -0.700. The van der Waals surface area contributed by atoms with Gasteiger partial charge in [-0.05, 0) is 17.4 Å². The van der Waals surface area contributed by atoms with Crippen LogP contribution in [0.4, 0.5) is 0 Å². The number of nitrogens with zero attached hydrogens (tertiary/aromatic N) is 4. The van der Waals surface area contributed by atoms with Gasteiger partial charge in [-0.15, -0.1) is 5.10 Å². The molecule has 104 valence electrons. The minimum absolute atomic E-state index is 0.0659. The third-order valence-electron chi connectivity index (χ3n) is 2.45. The van der Waals surface area contributed by atoms with Crippen LogP contribution >= 0.6 is 11.8 Å². The van der Waals surface area contributed by atoms with Gasteiger partial charge in [0.15, 0.2) is 0 Å². The van der Waals surface area contributed by atoms with Crippen LogP contribution in [-0.2, 0) is 11.3 Å². The molecule has 0 radical (unpaired) electrons. The van der Waals surface area contributed by atoms with E-state index >= 15 is 0 Å². The summed E-state index contributed by atoms with van der Waals surface area (Å²) in [6.07, 6.45) is -0.389. The molecule has 0 amide bonds. The molecule has 0 aliphatic rings. The van der Waals surface area contributed by atoms with Crippen molar-refractivity contribution in [3.63, 3.8) is 0 Å². The van der Waals surface area contributed by atoms with Gasteiger partial charge in [0.25, 0.3) is 0 Å². The summed E-state index contributed by atoms with van der Waals surface area (Å²) in [7, 11) is 1.68. The van der Waals surface area contributed by atoms with Crippen molar-refractivity contribution in [2.45, 2.75) is 36.9 Å². The predicted molar refractivity (Wildman–Crippen MR) is 69.6 cm³/mol. The van der Waals surface area contributed by atoms with Gasteiger partial charge in [-0.2, -0.15) is 0 Å². The van der Waals surface area contributed by atoms with E-state index in [1.807, 2.05) is 6.92 Å². The van der Waals surface area contributed by atoms with Crippen LogP contribution in [0.3, 0.4) is 0 Å². The Bertz CT molecular complexity index is 334. The number of aliphatic hydroxyl groups excluding tert-OH is 1. The summed E-state index contributed by atoms with van der Waals surface area (Å²) in [6.45, 7) is 6.70. The molecule has 0 aliphatic carbocycles.